The summed E-state index contributed by atoms with van der Waals surface area (Å²) in [5, 5.41) is 2.93. The Morgan fingerprint density at radius 3 is 2.76 bits per heavy atom. The van der Waals surface area contributed by atoms with Crippen LogP contribution in [0.2, 0.25) is 0 Å². The van der Waals surface area contributed by atoms with Crippen LogP contribution in [0.4, 0.5) is 0 Å². The average molecular weight is 256 g/mol. The molecule has 0 unspecified atom stereocenters. The normalized spacial score (nSPS) is 18.9. The van der Waals surface area contributed by atoms with Crippen molar-refractivity contribution in [1.29, 1.82) is 0 Å². The van der Waals surface area contributed by atoms with E-state index < -0.39 is 0 Å². The number of carbonyl (C=O) groups excluding carboxylic acids is 1. The highest BCUT2D eigenvalue weighted by Gasteiger charge is 2.31. The number of hydrogen-bond donors (Lipinski definition) is 1. The van der Waals surface area contributed by atoms with Gasteiger partial charge in [-0.3, -0.25) is 4.79 Å². The van der Waals surface area contributed by atoms with Crippen LogP contribution in [0.5, 0.6) is 0 Å². The minimum atomic E-state index is -0.148. The van der Waals surface area contributed by atoms with E-state index in [-0.39, 0.29) is 11.3 Å². The summed E-state index contributed by atoms with van der Waals surface area (Å²) in [6.45, 7) is 0.649. The Morgan fingerprint density at radius 1 is 1.41 bits per heavy atom. The zero-order chi connectivity index (χ0) is 12.1. The van der Waals surface area contributed by atoms with Gasteiger partial charge in [0, 0.05) is 17.8 Å². The first-order chi connectivity index (χ1) is 8.26. The molecule has 3 nitrogen and oxygen atoms in total. The topological polar surface area (TPSA) is 42.2 Å². The molecule has 0 saturated heterocycles. The predicted molar refractivity (Wildman–Crippen MR) is 67.3 cm³/mol. The fourth-order valence-corrected chi connectivity index (χ4v) is 2.78. The van der Waals surface area contributed by atoms with E-state index in [1.807, 2.05) is 0 Å². The molecule has 0 radical (unpaired) electrons. The number of alkyl halides is 1. The summed E-state index contributed by atoms with van der Waals surface area (Å²) >= 11 is 6.07. The van der Waals surface area contributed by atoms with E-state index in [9.17, 15) is 4.79 Å². The third-order valence-electron chi connectivity index (χ3n) is 3.57. The fraction of sp³-hybridized carbons (Fsp3) is 0.615. The largest absolute Gasteiger partial charge is 0.459 e. The Labute approximate surface area is 107 Å². The molecule has 1 aromatic heterocycles. The van der Waals surface area contributed by atoms with Gasteiger partial charge in [0.2, 0.25) is 0 Å². The quantitative estimate of drug-likeness (QED) is 0.840. The fourth-order valence-electron chi connectivity index (χ4n) is 2.42. The van der Waals surface area contributed by atoms with E-state index in [0.29, 0.717) is 18.2 Å². The maximum absolute atomic E-state index is 11.8. The molecular formula is C13H18ClNO2. The first-order valence-corrected chi connectivity index (χ1v) is 6.67. The van der Waals surface area contributed by atoms with Crippen molar-refractivity contribution in [2.24, 2.45) is 5.41 Å². The lowest BCUT2D eigenvalue weighted by Crippen LogP contribution is -2.40. The van der Waals surface area contributed by atoms with Gasteiger partial charge >= 0.3 is 0 Å². The monoisotopic (exact) mass is 255 g/mol. The highest BCUT2D eigenvalue weighted by molar-refractivity contribution is 6.18. The SMILES string of the molecule is O=C(NCC1(CCl)CCCCC1)c1ccco1. The van der Waals surface area contributed by atoms with E-state index in [1.165, 1.54) is 25.5 Å². The molecule has 1 amide bonds. The van der Waals surface area contributed by atoms with Gasteiger partial charge in [-0.15, -0.1) is 11.6 Å². The summed E-state index contributed by atoms with van der Waals surface area (Å²) in [7, 11) is 0. The van der Waals surface area contributed by atoms with E-state index in [1.54, 1.807) is 12.1 Å². The van der Waals surface area contributed by atoms with Gasteiger partial charge in [-0.1, -0.05) is 19.3 Å². The minimum absolute atomic E-state index is 0.0854. The molecule has 1 heterocycles. The van der Waals surface area contributed by atoms with Gasteiger partial charge in [-0.25, -0.2) is 0 Å². The van der Waals surface area contributed by atoms with Crippen molar-refractivity contribution in [2.75, 3.05) is 12.4 Å². The van der Waals surface area contributed by atoms with Crippen LogP contribution in [0.1, 0.15) is 42.7 Å². The molecule has 1 aliphatic rings. The lowest BCUT2D eigenvalue weighted by Gasteiger charge is -2.35. The van der Waals surface area contributed by atoms with E-state index in [2.05, 4.69) is 5.32 Å². The van der Waals surface area contributed by atoms with Crippen molar-refractivity contribution >= 4 is 17.5 Å². The van der Waals surface area contributed by atoms with Crippen LogP contribution >= 0.6 is 11.6 Å². The van der Waals surface area contributed by atoms with Gasteiger partial charge in [-0.05, 0) is 25.0 Å². The number of hydrogen-bond acceptors (Lipinski definition) is 2. The van der Waals surface area contributed by atoms with Gasteiger partial charge in [0.15, 0.2) is 5.76 Å². The van der Waals surface area contributed by atoms with Crippen LogP contribution in [-0.2, 0) is 0 Å². The molecule has 1 saturated carbocycles. The number of carbonyl (C=O) groups is 1. The standard InChI is InChI=1S/C13H18ClNO2/c14-9-13(6-2-1-3-7-13)10-15-12(16)11-5-4-8-17-11/h4-5,8H,1-3,6-7,9-10H2,(H,15,16). The zero-order valence-electron chi connectivity index (χ0n) is 9.88. The van der Waals surface area contributed by atoms with Gasteiger partial charge in [0.1, 0.15) is 0 Å². The second-order valence-electron chi connectivity index (χ2n) is 4.85. The van der Waals surface area contributed by atoms with Gasteiger partial charge in [0.25, 0.3) is 5.91 Å². The molecule has 4 heteroatoms. The molecule has 17 heavy (non-hydrogen) atoms. The minimum Gasteiger partial charge on any atom is -0.459 e. The predicted octanol–water partition coefficient (Wildman–Crippen LogP) is 3.20. The summed E-state index contributed by atoms with van der Waals surface area (Å²) in [5.74, 6) is 0.835. The highest BCUT2D eigenvalue weighted by Crippen LogP contribution is 2.36. The van der Waals surface area contributed by atoms with Gasteiger partial charge < -0.3 is 9.73 Å². The smallest absolute Gasteiger partial charge is 0.286 e. The molecule has 1 aromatic rings. The van der Waals surface area contributed by atoms with Gasteiger partial charge in [-0.2, -0.15) is 0 Å². The molecular weight excluding hydrogens is 238 g/mol. The second kappa shape index (κ2) is 5.58. The second-order valence-corrected chi connectivity index (χ2v) is 5.12. The van der Waals surface area contributed by atoms with Crippen molar-refractivity contribution < 1.29 is 9.21 Å². The van der Waals surface area contributed by atoms with Crippen LogP contribution in [0.3, 0.4) is 0 Å². The van der Waals surface area contributed by atoms with E-state index >= 15 is 0 Å². The van der Waals surface area contributed by atoms with Crippen molar-refractivity contribution in [3.63, 3.8) is 0 Å². The lowest BCUT2D eigenvalue weighted by molar-refractivity contribution is 0.0893. The summed E-state index contributed by atoms with van der Waals surface area (Å²) in [6.07, 6.45) is 7.42. The number of amides is 1. The van der Waals surface area contributed by atoms with Crippen LogP contribution in [-0.4, -0.2) is 18.3 Å². The Morgan fingerprint density at radius 2 is 2.18 bits per heavy atom. The van der Waals surface area contributed by atoms with E-state index in [0.717, 1.165) is 12.8 Å². The van der Waals surface area contributed by atoms with Crippen LogP contribution in [0.25, 0.3) is 0 Å². The highest BCUT2D eigenvalue weighted by atomic mass is 35.5. The molecule has 0 spiro atoms. The molecule has 2 rings (SSSR count). The Balaban J connectivity index is 1.89. The summed E-state index contributed by atoms with van der Waals surface area (Å²) in [4.78, 5) is 11.8. The molecule has 1 fully saturated rings. The maximum Gasteiger partial charge on any atom is 0.286 e. The number of halogens is 1. The first-order valence-electron chi connectivity index (χ1n) is 6.13. The molecule has 0 bridgehead atoms. The Bertz CT molecular complexity index is 356. The number of rotatable bonds is 4. The van der Waals surface area contributed by atoms with Crippen molar-refractivity contribution in [3.8, 4) is 0 Å². The van der Waals surface area contributed by atoms with Gasteiger partial charge in [0.05, 0.1) is 6.26 Å². The zero-order valence-corrected chi connectivity index (χ0v) is 10.6. The summed E-state index contributed by atoms with van der Waals surface area (Å²) < 4.78 is 5.06. The van der Waals surface area contributed by atoms with Crippen molar-refractivity contribution in [3.05, 3.63) is 24.2 Å². The number of nitrogens with one attached hydrogen (secondary N) is 1. The molecule has 0 aromatic carbocycles. The third kappa shape index (κ3) is 3.03. The van der Waals surface area contributed by atoms with Crippen molar-refractivity contribution in [1.82, 2.24) is 5.32 Å². The molecule has 0 aliphatic heterocycles. The average Bonchev–Trinajstić information content (AvgIpc) is 2.91. The van der Waals surface area contributed by atoms with Crippen LogP contribution < -0.4 is 5.32 Å². The first kappa shape index (κ1) is 12.5. The van der Waals surface area contributed by atoms with Crippen molar-refractivity contribution in [2.45, 2.75) is 32.1 Å². The molecule has 1 aliphatic carbocycles. The summed E-state index contributed by atoms with van der Waals surface area (Å²) in [5.41, 5.74) is 0.0854. The Kier molecular flexibility index (Phi) is 4.11. The molecule has 1 N–H and O–H groups in total. The number of furan rings is 1. The molecule has 0 atom stereocenters. The summed E-state index contributed by atoms with van der Waals surface area (Å²) in [6, 6.07) is 3.39. The maximum atomic E-state index is 11.8. The lowest BCUT2D eigenvalue weighted by atomic mass is 9.75. The molecule has 94 valence electrons. The third-order valence-corrected chi connectivity index (χ3v) is 4.13. The Hall–Kier alpha value is -0.960. The van der Waals surface area contributed by atoms with Crippen LogP contribution in [0, 0.1) is 5.41 Å². The van der Waals surface area contributed by atoms with Crippen LogP contribution in [0.15, 0.2) is 22.8 Å². The van der Waals surface area contributed by atoms with E-state index in [4.69, 9.17) is 16.0 Å².